The van der Waals surface area contributed by atoms with Crippen molar-refractivity contribution in [3.8, 4) is 0 Å². The molecule has 1 N–H and O–H groups in total. The van der Waals surface area contributed by atoms with Gasteiger partial charge < -0.3 is 5.32 Å². The van der Waals surface area contributed by atoms with Crippen LogP contribution in [0.4, 0.5) is 0 Å². The van der Waals surface area contributed by atoms with Crippen LogP contribution in [-0.4, -0.2) is 22.0 Å². The van der Waals surface area contributed by atoms with Gasteiger partial charge in [-0.1, -0.05) is 19.4 Å². The quantitative estimate of drug-likeness (QED) is 0.898. The van der Waals surface area contributed by atoms with Crippen molar-refractivity contribution in [2.24, 2.45) is 0 Å². The summed E-state index contributed by atoms with van der Waals surface area (Å²) >= 11 is 1.62. The van der Waals surface area contributed by atoms with Crippen LogP contribution in [0.3, 0.4) is 0 Å². The molecule has 0 saturated heterocycles. The fourth-order valence-electron chi connectivity index (χ4n) is 2.36. The summed E-state index contributed by atoms with van der Waals surface area (Å²) in [4.78, 5) is 0. The van der Waals surface area contributed by atoms with Crippen LogP contribution in [-0.2, 0) is 10.8 Å². The molecule has 3 unspecified atom stereocenters. The predicted molar refractivity (Wildman–Crippen MR) is 70.4 cm³/mol. The van der Waals surface area contributed by atoms with Gasteiger partial charge in [-0.2, -0.15) is 0 Å². The number of hydrogen-bond acceptors (Lipinski definition) is 3. The zero-order chi connectivity index (χ0) is 11.4. The van der Waals surface area contributed by atoms with E-state index in [2.05, 4.69) is 12.2 Å². The highest BCUT2D eigenvalue weighted by Crippen LogP contribution is 2.28. The van der Waals surface area contributed by atoms with Crippen LogP contribution in [0, 0.1) is 0 Å². The molecule has 1 aromatic rings. The van der Waals surface area contributed by atoms with Gasteiger partial charge >= 0.3 is 0 Å². The first-order valence-electron chi connectivity index (χ1n) is 5.98. The van der Waals surface area contributed by atoms with Gasteiger partial charge in [0.25, 0.3) is 0 Å². The SMILES string of the molecule is CCNC1CCCC(S(=O)c2cccs2)C1. The Labute approximate surface area is 104 Å². The van der Waals surface area contributed by atoms with Crippen molar-refractivity contribution < 1.29 is 4.21 Å². The molecule has 2 nitrogen and oxygen atoms in total. The maximum Gasteiger partial charge on any atom is 0.0913 e. The summed E-state index contributed by atoms with van der Waals surface area (Å²) in [5.74, 6) is 0. The summed E-state index contributed by atoms with van der Waals surface area (Å²) in [6.07, 6.45) is 4.64. The Kier molecular flexibility index (Phi) is 4.55. The van der Waals surface area contributed by atoms with Crippen LogP contribution >= 0.6 is 11.3 Å². The molecule has 1 aromatic heterocycles. The van der Waals surface area contributed by atoms with E-state index in [4.69, 9.17) is 0 Å². The van der Waals surface area contributed by atoms with Crippen molar-refractivity contribution in [3.63, 3.8) is 0 Å². The van der Waals surface area contributed by atoms with E-state index in [0.717, 1.165) is 23.6 Å². The number of rotatable bonds is 4. The zero-order valence-corrected chi connectivity index (χ0v) is 11.3. The average Bonchev–Trinajstić information content (AvgIpc) is 2.82. The van der Waals surface area contributed by atoms with E-state index in [9.17, 15) is 4.21 Å². The number of nitrogens with one attached hydrogen (secondary N) is 1. The van der Waals surface area contributed by atoms with Gasteiger partial charge in [0, 0.05) is 11.3 Å². The predicted octanol–water partition coefficient (Wildman–Crippen LogP) is 2.78. The van der Waals surface area contributed by atoms with Gasteiger partial charge in [0.2, 0.25) is 0 Å². The van der Waals surface area contributed by atoms with Crippen LogP contribution in [0.15, 0.2) is 21.7 Å². The minimum absolute atomic E-state index is 0.358. The van der Waals surface area contributed by atoms with E-state index in [0.29, 0.717) is 11.3 Å². The molecule has 1 heterocycles. The second-order valence-corrected chi connectivity index (χ2v) is 7.18. The highest BCUT2D eigenvalue weighted by atomic mass is 32.2. The lowest BCUT2D eigenvalue weighted by atomic mass is 9.95. The fraction of sp³-hybridized carbons (Fsp3) is 0.667. The summed E-state index contributed by atoms with van der Waals surface area (Å²) in [6, 6.07) is 4.56. The van der Waals surface area contributed by atoms with Gasteiger partial charge in [-0.05, 0) is 37.3 Å². The van der Waals surface area contributed by atoms with Crippen LogP contribution in [0.2, 0.25) is 0 Å². The molecule has 3 atom stereocenters. The fourth-order valence-corrected chi connectivity index (χ4v) is 5.09. The molecule has 90 valence electrons. The van der Waals surface area contributed by atoms with Crippen molar-refractivity contribution in [3.05, 3.63) is 17.5 Å². The van der Waals surface area contributed by atoms with E-state index >= 15 is 0 Å². The third-order valence-electron chi connectivity index (χ3n) is 3.12. The lowest BCUT2D eigenvalue weighted by Gasteiger charge is -2.28. The molecule has 0 spiro atoms. The molecule has 0 amide bonds. The first-order chi connectivity index (χ1) is 7.81. The molecule has 2 rings (SSSR count). The largest absolute Gasteiger partial charge is 0.314 e. The van der Waals surface area contributed by atoms with Gasteiger partial charge in [0.1, 0.15) is 0 Å². The van der Waals surface area contributed by atoms with Crippen molar-refractivity contribution in [2.45, 2.75) is 48.1 Å². The summed E-state index contributed by atoms with van der Waals surface area (Å²) in [6.45, 7) is 3.16. The number of thiophene rings is 1. The van der Waals surface area contributed by atoms with Crippen LogP contribution in [0.1, 0.15) is 32.6 Å². The summed E-state index contributed by atoms with van der Waals surface area (Å²) in [5, 5.41) is 5.85. The van der Waals surface area contributed by atoms with E-state index in [-0.39, 0.29) is 0 Å². The molecule has 1 aliphatic rings. The average molecular weight is 257 g/mol. The molecule has 1 fully saturated rings. The van der Waals surface area contributed by atoms with Crippen molar-refractivity contribution in [1.82, 2.24) is 5.32 Å². The van der Waals surface area contributed by atoms with Gasteiger partial charge in [0.05, 0.1) is 15.0 Å². The van der Waals surface area contributed by atoms with Gasteiger partial charge in [-0.25, -0.2) is 0 Å². The lowest BCUT2D eigenvalue weighted by Crippen LogP contribution is -2.37. The minimum Gasteiger partial charge on any atom is -0.314 e. The van der Waals surface area contributed by atoms with Gasteiger partial charge in [0.15, 0.2) is 0 Å². The van der Waals surface area contributed by atoms with Crippen LogP contribution < -0.4 is 5.32 Å². The zero-order valence-electron chi connectivity index (χ0n) is 9.65. The topological polar surface area (TPSA) is 29.1 Å². The molecule has 0 aromatic carbocycles. The lowest BCUT2D eigenvalue weighted by molar-refractivity contribution is 0.384. The standard InChI is InChI=1S/C12H19NOS2/c1-2-13-10-5-3-6-11(9-10)16(14)12-7-4-8-15-12/h4,7-8,10-11,13H,2-3,5-6,9H2,1H3. The summed E-state index contributed by atoms with van der Waals surface area (Å²) in [7, 11) is -0.784. The van der Waals surface area contributed by atoms with Crippen LogP contribution in [0.5, 0.6) is 0 Å². The van der Waals surface area contributed by atoms with Gasteiger partial charge in [-0.3, -0.25) is 4.21 Å². The molecule has 0 bridgehead atoms. The Morgan fingerprint density at radius 2 is 2.44 bits per heavy atom. The maximum absolute atomic E-state index is 12.3. The first kappa shape index (κ1) is 12.3. The monoisotopic (exact) mass is 257 g/mol. The maximum atomic E-state index is 12.3. The highest BCUT2D eigenvalue weighted by molar-refractivity contribution is 7.87. The van der Waals surface area contributed by atoms with Gasteiger partial charge in [-0.15, -0.1) is 11.3 Å². The smallest absolute Gasteiger partial charge is 0.0913 e. The molecular weight excluding hydrogens is 238 g/mol. The summed E-state index contributed by atoms with van der Waals surface area (Å²) in [5.41, 5.74) is 0. The third kappa shape index (κ3) is 2.93. The van der Waals surface area contributed by atoms with Crippen molar-refractivity contribution >= 4 is 22.1 Å². The normalized spacial score (nSPS) is 27.8. The Hall–Kier alpha value is -0.190. The Bertz CT molecular complexity index is 335. The van der Waals surface area contributed by atoms with Crippen molar-refractivity contribution in [1.29, 1.82) is 0 Å². The van der Waals surface area contributed by atoms with E-state index in [1.165, 1.54) is 12.8 Å². The minimum atomic E-state index is -0.784. The number of hydrogen-bond donors (Lipinski definition) is 1. The molecule has 0 radical (unpaired) electrons. The Morgan fingerprint density at radius 3 is 3.12 bits per heavy atom. The highest BCUT2D eigenvalue weighted by Gasteiger charge is 2.26. The Morgan fingerprint density at radius 1 is 1.56 bits per heavy atom. The van der Waals surface area contributed by atoms with E-state index in [1.807, 2.05) is 17.5 Å². The molecular formula is C12H19NOS2. The molecule has 4 heteroatoms. The molecule has 0 aliphatic heterocycles. The second kappa shape index (κ2) is 5.94. The molecule has 1 aliphatic carbocycles. The van der Waals surface area contributed by atoms with E-state index < -0.39 is 10.8 Å². The van der Waals surface area contributed by atoms with E-state index in [1.54, 1.807) is 11.3 Å². The summed E-state index contributed by atoms with van der Waals surface area (Å²) < 4.78 is 13.3. The first-order valence-corrected chi connectivity index (χ1v) is 8.08. The molecule has 16 heavy (non-hydrogen) atoms. The molecule has 1 saturated carbocycles. The Balaban J connectivity index is 1.96. The third-order valence-corrected chi connectivity index (χ3v) is 6.12. The van der Waals surface area contributed by atoms with Crippen LogP contribution in [0.25, 0.3) is 0 Å². The second-order valence-electron chi connectivity index (χ2n) is 4.27. The van der Waals surface area contributed by atoms with Crippen molar-refractivity contribution in [2.75, 3.05) is 6.54 Å².